The van der Waals surface area contributed by atoms with Crippen LogP contribution in [0.5, 0.6) is 0 Å². The average molecular weight is 202 g/mol. The van der Waals surface area contributed by atoms with E-state index in [0.717, 1.165) is 6.61 Å². The first kappa shape index (κ1) is 13.9. The van der Waals surface area contributed by atoms with Crippen LogP contribution in [0.1, 0.15) is 41.5 Å². The second kappa shape index (κ2) is 7.24. The van der Waals surface area contributed by atoms with Crippen molar-refractivity contribution in [2.45, 2.75) is 53.8 Å². The Morgan fingerprint density at radius 1 is 0.786 bits per heavy atom. The standard InChI is InChI=1S/C12H26O2/c1-9(2)7-13-11(5)8-14-12(6)10(3)4/h9-12H,7-8H2,1-6H3. The van der Waals surface area contributed by atoms with Crippen molar-refractivity contribution in [3.8, 4) is 0 Å². The molecule has 0 bridgehead atoms. The highest BCUT2D eigenvalue weighted by atomic mass is 16.5. The van der Waals surface area contributed by atoms with Gasteiger partial charge >= 0.3 is 0 Å². The highest BCUT2D eigenvalue weighted by Crippen LogP contribution is 2.07. The number of rotatable bonds is 7. The highest BCUT2D eigenvalue weighted by molar-refractivity contribution is 4.57. The number of ether oxygens (including phenoxy) is 2. The fraction of sp³-hybridized carbons (Fsp3) is 1.00. The van der Waals surface area contributed by atoms with Gasteiger partial charge in [-0.3, -0.25) is 0 Å². The van der Waals surface area contributed by atoms with Crippen LogP contribution < -0.4 is 0 Å². The van der Waals surface area contributed by atoms with Crippen LogP contribution in [0.2, 0.25) is 0 Å². The van der Waals surface area contributed by atoms with Crippen LogP contribution in [0.3, 0.4) is 0 Å². The highest BCUT2D eigenvalue weighted by Gasteiger charge is 2.10. The Morgan fingerprint density at radius 3 is 1.79 bits per heavy atom. The van der Waals surface area contributed by atoms with Crippen molar-refractivity contribution < 1.29 is 9.47 Å². The topological polar surface area (TPSA) is 18.5 Å². The molecule has 0 N–H and O–H groups in total. The minimum atomic E-state index is 0.207. The van der Waals surface area contributed by atoms with Gasteiger partial charge in [0.1, 0.15) is 0 Å². The lowest BCUT2D eigenvalue weighted by Crippen LogP contribution is -2.24. The maximum atomic E-state index is 5.67. The lowest BCUT2D eigenvalue weighted by molar-refractivity contribution is -0.0493. The van der Waals surface area contributed by atoms with Crippen molar-refractivity contribution in [2.75, 3.05) is 13.2 Å². The molecule has 2 nitrogen and oxygen atoms in total. The normalized spacial score (nSPS) is 16.3. The molecule has 0 aromatic rings. The molecule has 0 heterocycles. The van der Waals surface area contributed by atoms with E-state index < -0.39 is 0 Å². The van der Waals surface area contributed by atoms with Crippen molar-refractivity contribution in [3.63, 3.8) is 0 Å². The van der Waals surface area contributed by atoms with E-state index in [1.54, 1.807) is 0 Å². The van der Waals surface area contributed by atoms with Crippen LogP contribution in [0.15, 0.2) is 0 Å². The van der Waals surface area contributed by atoms with E-state index in [0.29, 0.717) is 24.5 Å². The minimum Gasteiger partial charge on any atom is -0.376 e. The van der Waals surface area contributed by atoms with Gasteiger partial charge in [0.2, 0.25) is 0 Å². The summed E-state index contributed by atoms with van der Waals surface area (Å²) in [4.78, 5) is 0. The van der Waals surface area contributed by atoms with Crippen molar-refractivity contribution in [3.05, 3.63) is 0 Å². The van der Waals surface area contributed by atoms with Gasteiger partial charge in [-0.05, 0) is 25.7 Å². The molecular weight excluding hydrogens is 176 g/mol. The van der Waals surface area contributed by atoms with Gasteiger partial charge in [-0.1, -0.05) is 27.7 Å². The summed E-state index contributed by atoms with van der Waals surface area (Å²) < 4.78 is 11.3. The fourth-order valence-electron chi connectivity index (χ4n) is 0.885. The first-order chi connectivity index (χ1) is 6.43. The van der Waals surface area contributed by atoms with Crippen molar-refractivity contribution in [1.29, 1.82) is 0 Å². The molecule has 0 aromatic carbocycles. The van der Waals surface area contributed by atoms with E-state index in [9.17, 15) is 0 Å². The van der Waals surface area contributed by atoms with Gasteiger partial charge in [-0.2, -0.15) is 0 Å². The SMILES string of the molecule is CC(C)COC(C)COC(C)C(C)C. The van der Waals surface area contributed by atoms with Crippen LogP contribution >= 0.6 is 0 Å². The summed E-state index contributed by atoms with van der Waals surface area (Å²) in [6, 6.07) is 0. The van der Waals surface area contributed by atoms with Gasteiger partial charge in [-0.25, -0.2) is 0 Å². The van der Waals surface area contributed by atoms with E-state index in [4.69, 9.17) is 9.47 Å². The zero-order chi connectivity index (χ0) is 11.1. The summed E-state index contributed by atoms with van der Waals surface area (Å²) in [7, 11) is 0. The molecule has 14 heavy (non-hydrogen) atoms. The second-order valence-corrected chi connectivity index (χ2v) is 4.82. The fourth-order valence-corrected chi connectivity index (χ4v) is 0.885. The Labute approximate surface area is 89.0 Å². The maximum absolute atomic E-state index is 5.67. The summed E-state index contributed by atoms with van der Waals surface area (Å²) in [6.45, 7) is 14.4. The molecule has 0 aliphatic heterocycles. The first-order valence-electron chi connectivity index (χ1n) is 5.66. The molecule has 0 saturated heterocycles. The van der Waals surface area contributed by atoms with E-state index in [1.807, 2.05) is 0 Å². The third-order valence-electron chi connectivity index (χ3n) is 2.25. The summed E-state index contributed by atoms with van der Waals surface area (Å²) in [6.07, 6.45) is 0.527. The molecule has 0 fully saturated rings. The molecule has 0 saturated carbocycles. The molecule has 0 aliphatic carbocycles. The summed E-state index contributed by atoms with van der Waals surface area (Å²) in [5.74, 6) is 1.17. The van der Waals surface area contributed by atoms with E-state index in [2.05, 4.69) is 41.5 Å². The van der Waals surface area contributed by atoms with Crippen LogP contribution in [0, 0.1) is 11.8 Å². The Hall–Kier alpha value is -0.0800. The van der Waals surface area contributed by atoms with E-state index >= 15 is 0 Å². The van der Waals surface area contributed by atoms with Crippen LogP contribution in [-0.2, 0) is 9.47 Å². The zero-order valence-electron chi connectivity index (χ0n) is 10.5. The number of hydrogen-bond donors (Lipinski definition) is 0. The largest absolute Gasteiger partial charge is 0.376 e. The smallest absolute Gasteiger partial charge is 0.0780 e. The molecule has 0 amide bonds. The molecule has 2 heteroatoms. The van der Waals surface area contributed by atoms with Crippen molar-refractivity contribution in [1.82, 2.24) is 0 Å². The monoisotopic (exact) mass is 202 g/mol. The lowest BCUT2D eigenvalue weighted by atomic mass is 10.1. The third kappa shape index (κ3) is 7.34. The summed E-state index contributed by atoms with van der Waals surface area (Å²) >= 11 is 0. The molecule has 2 atom stereocenters. The van der Waals surface area contributed by atoms with Crippen LogP contribution in [-0.4, -0.2) is 25.4 Å². The molecule has 0 aliphatic rings. The predicted molar refractivity (Wildman–Crippen MR) is 60.5 cm³/mol. The Bertz CT molecular complexity index is 132. The van der Waals surface area contributed by atoms with Crippen LogP contribution in [0.4, 0.5) is 0 Å². The van der Waals surface area contributed by atoms with Gasteiger partial charge in [0, 0.05) is 6.61 Å². The molecule has 0 spiro atoms. The molecule has 0 aromatic heterocycles. The quantitative estimate of drug-likeness (QED) is 0.631. The van der Waals surface area contributed by atoms with Gasteiger partial charge < -0.3 is 9.47 Å². The van der Waals surface area contributed by atoms with E-state index in [-0.39, 0.29) is 6.10 Å². The molecule has 0 radical (unpaired) electrons. The van der Waals surface area contributed by atoms with Crippen LogP contribution in [0.25, 0.3) is 0 Å². The van der Waals surface area contributed by atoms with Gasteiger partial charge in [0.25, 0.3) is 0 Å². The minimum absolute atomic E-state index is 0.207. The predicted octanol–water partition coefficient (Wildman–Crippen LogP) is 3.11. The molecular formula is C12H26O2. The Balaban J connectivity index is 3.48. The summed E-state index contributed by atoms with van der Waals surface area (Å²) in [5, 5.41) is 0. The van der Waals surface area contributed by atoms with Gasteiger partial charge in [0.15, 0.2) is 0 Å². The second-order valence-electron chi connectivity index (χ2n) is 4.82. The molecule has 2 unspecified atom stereocenters. The van der Waals surface area contributed by atoms with Crippen molar-refractivity contribution >= 4 is 0 Å². The Morgan fingerprint density at radius 2 is 1.36 bits per heavy atom. The van der Waals surface area contributed by atoms with E-state index in [1.165, 1.54) is 0 Å². The first-order valence-corrected chi connectivity index (χ1v) is 5.66. The Kier molecular flexibility index (Phi) is 7.20. The third-order valence-corrected chi connectivity index (χ3v) is 2.25. The van der Waals surface area contributed by atoms with Gasteiger partial charge in [0.05, 0.1) is 18.8 Å². The van der Waals surface area contributed by atoms with Crippen molar-refractivity contribution in [2.24, 2.45) is 11.8 Å². The lowest BCUT2D eigenvalue weighted by Gasteiger charge is -2.20. The number of hydrogen-bond acceptors (Lipinski definition) is 2. The maximum Gasteiger partial charge on any atom is 0.0780 e. The molecule has 86 valence electrons. The zero-order valence-corrected chi connectivity index (χ0v) is 10.5. The summed E-state index contributed by atoms with van der Waals surface area (Å²) in [5.41, 5.74) is 0. The van der Waals surface area contributed by atoms with Gasteiger partial charge in [-0.15, -0.1) is 0 Å². The molecule has 0 rings (SSSR count). The average Bonchev–Trinajstić information content (AvgIpc) is 2.10.